The number of rotatable bonds is 2. The van der Waals surface area contributed by atoms with Crippen LogP contribution in [0.25, 0.3) is 10.8 Å². The Morgan fingerprint density at radius 1 is 1.00 bits per heavy atom. The van der Waals surface area contributed by atoms with E-state index < -0.39 is 0 Å². The van der Waals surface area contributed by atoms with Crippen LogP contribution >= 0.6 is 0 Å². The van der Waals surface area contributed by atoms with Gasteiger partial charge in [0.05, 0.1) is 6.10 Å². The topological polar surface area (TPSA) is 33.1 Å². The lowest BCUT2D eigenvalue weighted by atomic mass is 9.88. The van der Waals surface area contributed by atoms with Gasteiger partial charge in [-0.05, 0) is 24.1 Å². The minimum absolute atomic E-state index is 0.364. The molecule has 0 bridgehead atoms. The van der Waals surface area contributed by atoms with Crippen molar-refractivity contribution in [3.63, 3.8) is 0 Å². The van der Waals surface area contributed by atoms with Crippen LogP contribution in [-0.4, -0.2) is 10.1 Å². The second kappa shape index (κ2) is 5.70. The lowest BCUT2D eigenvalue weighted by molar-refractivity contribution is 0.0998. The number of nitrogens with zero attached hydrogens (tertiary/aromatic N) is 1. The molecule has 19 heavy (non-hydrogen) atoms. The second-order valence-electron chi connectivity index (χ2n) is 5.65. The molecule has 2 heteroatoms. The third-order valence-corrected chi connectivity index (χ3v) is 4.36. The van der Waals surface area contributed by atoms with E-state index in [0.717, 1.165) is 29.2 Å². The van der Waals surface area contributed by atoms with E-state index in [-0.39, 0.29) is 6.10 Å². The van der Waals surface area contributed by atoms with Gasteiger partial charge >= 0.3 is 0 Å². The highest BCUT2D eigenvalue weighted by molar-refractivity contribution is 5.84. The summed E-state index contributed by atoms with van der Waals surface area (Å²) in [7, 11) is 0. The van der Waals surface area contributed by atoms with Crippen LogP contribution < -0.4 is 0 Å². The third-order valence-electron chi connectivity index (χ3n) is 4.36. The molecule has 2 nitrogen and oxygen atoms in total. The number of benzene rings is 1. The van der Waals surface area contributed by atoms with Gasteiger partial charge in [-0.15, -0.1) is 0 Å². The molecule has 1 aliphatic carbocycles. The lowest BCUT2D eigenvalue weighted by Crippen LogP contribution is -2.12. The van der Waals surface area contributed by atoms with Crippen molar-refractivity contribution in [3.05, 3.63) is 42.2 Å². The number of hydrogen-bond donors (Lipinski definition) is 1. The van der Waals surface area contributed by atoms with E-state index in [4.69, 9.17) is 0 Å². The summed E-state index contributed by atoms with van der Waals surface area (Å²) in [5, 5.41) is 13.0. The van der Waals surface area contributed by atoms with E-state index in [0.29, 0.717) is 5.92 Å². The van der Waals surface area contributed by atoms with Crippen LogP contribution in [0.3, 0.4) is 0 Å². The molecule has 1 atom stereocenters. The molecule has 1 aromatic carbocycles. The van der Waals surface area contributed by atoms with Gasteiger partial charge in [0, 0.05) is 23.3 Å². The van der Waals surface area contributed by atoms with E-state index in [2.05, 4.69) is 17.1 Å². The first-order chi connectivity index (χ1) is 9.36. The zero-order valence-electron chi connectivity index (χ0n) is 11.3. The molecule has 0 radical (unpaired) electrons. The van der Waals surface area contributed by atoms with Crippen LogP contribution in [0.4, 0.5) is 0 Å². The fraction of sp³-hybridized carbons (Fsp3) is 0.471. The highest BCUT2D eigenvalue weighted by Gasteiger charge is 2.23. The first-order valence-electron chi connectivity index (χ1n) is 7.37. The normalized spacial score (nSPS) is 19.2. The highest BCUT2D eigenvalue weighted by atomic mass is 16.3. The zero-order valence-corrected chi connectivity index (χ0v) is 11.3. The van der Waals surface area contributed by atoms with Crippen molar-refractivity contribution in [3.8, 4) is 0 Å². The van der Waals surface area contributed by atoms with Crippen LogP contribution in [0.2, 0.25) is 0 Å². The number of hydrogen-bond acceptors (Lipinski definition) is 2. The summed E-state index contributed by atoms with van der Waals surface area (Å²) in [5.74, 6) is 0.398. The van der Waals surface area contributed by atoms with Gasteiger partial charge in [-0.3, -0.25) is 4.98 Å². The predicted molar refractivity (Wildman–Crippen MR) is 77.9 cm³/mol. The van der Waals surface area contributed by atoms with Crippen LogP contribution in [0.15, 0.2) is 36.7 Å². The van der Waals surface area contributed by atoms with Crippen LogP contribution in [-0.2, 0) is 0 Å². The molecule has 0 aliphatic heterocycles. The molecule has 1 aromatic heterocycles. The maximum absolute atomic E-state index is 10.7. The van der Waals surface area contributed by atoms with Crippen molar-refractivity contribution in [2.45, 2.75) is 44.6 Å². The van der Waals surface area contributed by atoms with Gasteiger partial charge in [-0.1, -0.05) is 49.9 Å². The molecule has 0 saturated heterocycles. The molecule has 1 heterocycles. The van der Waals surface area contributed by atoms with Crippen molar-refractivity contribution < 1.29 is 5.11 Å². The van der Waals surface area contributed by atoms with Gasteiger partial charge in [0.15, 0.2) is 0 Å². The van der Waals surface area contributed by atoms with Gasteiger partial charge in [0.25, 0.3) is 0 Å². The van der Waals surface area contributed by atoms with Gasteiger partial charge in [-0.25, -0.2) is 0 Å². The Hall–Kier alpha value is -1.41. The Bertz CT molecular complexity index is 538. The summed E-state index contributed by atoms with van der Waals surface area (Å²) in [6.45, 7) is 0. The summed E-state index contributed by atoms with van der Waals surface area (Å²) in [6, 6.07) is 8.20. The van der Waals surface area contributed by atoms with Crippen LogP contribution in [0.5, 0.6) is 0 Å². The Morgan fingerprint density at radius 3 is 2.53 bits per heavy atom. The average Bonchev–Trinajstić information content (AvgIpc) is 2.75. The van der Waals surface area contributed by atoms with E-state index in [9.17, 15) is 5.11 Å². The molecule has 1 saturated carbocycles. The van der Waals surface area contributed by atoms with E-state index in [1.807, 2.05) is 24.5 Å². The number of aliphatic hydroxyl groups is 1. The minimum Gasteiger partial charge on any atom is -0.388 e. The molecule has 1 unspecified atom stereocenters. The Labute approximate surface area is 114 Å². The van der Waals surface area contributed by atoms with Crippen molar-refractivity contribution in [2.24, 2.45) is 5.92 Å². The highest BCUT2D eigenvalue weighted by Crippen LogP contribution is 2.35. The quantitative estimate of drug-likeness (QED) is 0.814. The van der Waals surface area contributed by atoms with Crippen LogP contribution in [0.1, 0.15) is 50.2 Å². The van der Waals surface area contributed by atoms with Gasteiger partial charge in [-0.2, -0.15) is 0 Å². The first-order valence-corrected chi connectivity index (χ1v) is 7.37. The zero-order chi connectivity index (χ0) is 13.1. The molecule has 1 fully saturated rings. The van der Waals surface area contributed by atoms with Crippen molar-refractivity contribution in [1.82, 2.24) is 4.98 Å². The number of aromatic nitrogens is 1. The van der Waals surface area contributed by atoms with E-state index in [1.165, 1.54) is 25.7 Å². The predicted octanol–water partition coefficient (Wildman–Crippen LogP) is 4.24. The van der Waals surface area contributed by atoms with E-state index >= 15 is 0 Å². The largest absolute Gasteiger partial charge is 0.388 e. The molecular weight excluding hydrogens is 234 g/mol. The standard InChI is InChI=1S/C17H21NO/c19-17(13-7-3-1-2-4-8-13)16-12-18-11-14-9-5-6-10-15(14)16/h5-6,9-13,17,19H,1-4,7-8H2. The fourth-order valence-corrected chi connectivity index (χ4v) is 3.26. The van der Waals surface area contributed by atoms with Crippen molar-refractivity contribution in [2.75, 3.05) is 0 Å². The Kier molecular flexibility index (Phi) is 3.79. The maximum atomic E-state index is 10.7. The second-order valence-corrected chi connectivity index (χ2v) is 5.65. The smallest absolute Gasteiger partial charge is 0.0839 e. The minimum atomic E-state index is -0.364. The summed E-state index contributed by atoms with van der Waals surface area (Å²) < 4.78 is 0. The SMILES string of the molecule is OC(c1cncc2ccccc12)C1CCCCCC1. The molecular formula is C17H21NO. The summed E-state index contributed by atoms with van der Waals surface area (Å²) in [6.07, 6.45) is 10.8. The molecule has 100 valence electrons. The summed E-state index contributed by atoms with van der Waals surface area (Å²) in [5.41, 5.74) is 1.00. The Morgan fingerprint density at radius 2 is 1.74 bits per heavy atom. The number of aliphatic hydroxyl groups excluding tert-OH is 1. The molecule has 1 N–H and O–H groups in total. The van der Waals surface area contributed by atoms with Crippen LogP contribution in [0, 0.1) is 5.92 Å². The maximum Gasteiger partial charge on any atom is 0.0839 e. The number of pyridine rings is 1. The monoisotopic (exact) mass is 255 g/mol. The molecule has 0 spiro atoms. The van der Waals surface area contributed by atoms with Gasteiger partial charge in [0.1, 0.15) is 0 Å². The lowest BCUT2D eigenvalue weighted by Gasteiger charge is -2.22. The summed E-state index contributed by atoms with van der Waals surface area (Å²) in [4.78, 5) is 4.29. The van der Waals surface area contributed by atoms with Crippen molar-refractivity contribution >= 4 is 10.8 Å². The fourth-order valence-electron chi connectivity index (χ4n) is 3.26. The van der Waals surface area contributed by atoms with Crippen molar-refractivity contribution in [1.29, 1.82) is 0 Å². The third kappa shape index (κ3) is 2.64. The molecule has 0 amide bonds. The Balaban J connectivity index is 1.94. The molecule has 1 aliphatic rings. The molecule has 2 aromatic rings. The first kappa shape index (κ1) is 12.6. The average molecular weight is 255 g/mol. The van der Waals surface area contributed by atoms with E-state index in [1.54, 1.807) is 0 Å². The number of fused-ring (bicyclic) bond motifs is 1. The van der Waals surface area contributed by atoms with Gasteiger partial charge < -0.3 is 5.11 Å². The summed E-state index contributed by atoms with van der Waals surface area (Å²) >= 11 is 0. The molecule has 3 rings (SSSR count). The van der Waals surface area contributed by atoms with Gasteiger partial charge in [0.2, 0.25) is 0 Å².